The number of benzene rings is 8. The Morgan fingerprint density at radius 2 is 0.531 bits per heavy atom. The molecule has 0 fully saturated rings. The van der Waals surface area contributed by atoms with Crippen LogP contribution in [0.25, 0.3) is 44.5 Å². The van der Waals surface area contributed by atoms with Gasteiger partial charge in [0.1, 0.15) is 6.15 Å². The third-order valence-electron chi connectivity index (χ3n) is 10.00. The molecular weight excluding hydrogens is 587 g/mol. The van der Waals surface area contributed by atoms with Crippen molar-refractivity contribution >= 4 is 28.0 Å². The van der Waals surface area contributed by atoms with E-state index in [1.165, 1.54) is 66.4 Å². The lowest BCUT2D eigenvalue weighted by molar-refractivity contribution is 1.55. The number of rotatable bonds is 8. The summed E-state index contributed by atoms with van der Waals surface area (Å²) in [6, 6.07) is 79.8. The Balaban J connectivity index is 1.68. The van der Waals surface area contributed by atoms with Crippen molar-refractivity contribution in [2.45, 2.75) is 0 Å². The second-order valence-corrected chi connectivity index (χ2v) is 12.7. The maximum absolute atomic E-state index is 2.53. The van der Waals surface area contributed by atoms with Crippen LogP contribution >= 0.6 is 0 Å². The fourth-order valence-electron chi connectivity index (χ4n) is 7.95. The molecule has 0 aliphatic rings. The molecule has 0 spiro atoms. The summed E-state index contributed by atoms with van der Waals surface area (Å²) in [7, 11) is 0. The van der Waals surface area contributed by atoms with E-state index in [4.69, 9.17) is 0 Å². The summed E-state index contributed by atoms with van der Waals surface area (Å²) in [6.45, 7) is 0. The summed E-state index contributed by atoms with van der Waals surface area (Å²) in [5, 5.41) is 0. The molecule has 0 saturated carbocycles. The SMILES string of the molecule is c1ccc(-c2cc([B-](c3ccccc3)(c3ccccc3)c3ccccc3)c(-c3ccccc3)c(-c3ccccc3)c2-c2ccccc2)cc1. The minimum Gasteiger partial charge on any atom is -0.195 e. The zero-order valence-corrected chi connectivity index (χ0v) is 27.4. The zero-order valence-electron chi connectivity index (χ0n) is 27.4. The van der Waals surface area contributed by atoms with Crippen molar-refractivity contribution in [3.8, 4) is 44.5 Å². The van der Waals surface area contributed by atoms with Crippen LogP contribution in [0.1, 0.15) is 0 Å². The average molecular weight is 624 g/mol. The Kier molecular flexibility index (Phi) is 8.32. The van der Waals surface area contributed by atoms with Crippen LogP contribution in [-0.4, -0.2) is 6.15 Å². The molecule has 0 radical (unpaired) electrons. The smallest absolute Gasteiger partial charge is 0.108 e. The van der Waals surface area contributed by atoms with Crippen LogP contribution in [0.15, 0.2) is 218 Å². The van der Waals surface area contributed by atoms with Crippen molar-refractivity contribution in [3.63, 3.8) is 0 Å². The van der Waals surface area contributed by atoms with Crippen LogP contribution in [0.5, 0.6) is 0 Å². The molecule has 8 aromatic rings. The number of hydrogen-bond donors (Lipinski definition) is 0. The summed E-state index contributed by atoms with van der Waals surface area (Å²) in [4.78, 5) is 0. The van der Waals surface area contributed by atoms with E-state index in [2.05, 4.69) is 218 Å². The highest BCUT2D eigenvalue weighted by atomic mass is 14.3. The predicted octanol–water partition coefficient (Wildman–Crippen LogP) is 9.73. The molecule has 0 N–H and O–H groups in total. The van der Waals surface area contributed by atoms with Gasteiger partial charge in [0.05, 0.1) is 0 Å². The van der Waals surface area contributed by atoms with Crippen LogP contribution < -0.4 is 21.9 Å². The van der Waals surface area contributed by atoms with Crippen LogP contribution in [0.3, 0.4) is 0 Å². The van der Waals surface area contributed by atoms with Gasteiger partial charge in [-0.2, -0.15) is 21.9 Å². The van der Waals surface area contributed by atoms with Gasteiger partial charge in [-0.25, -0.2) is 0 Å². The van der Waals surface area contributed by atoms with Crippen LogP contribution in [0.2, 0.25) is 0 Å². The van der Waals surface area contributed by atoms with Crippen LogP contribution in [-0.2, 0) is 0 Å². The molecule has 0 heterocycles. The summed E-state index contributed by atoms with van der Waals surface area (Å²) < 4.78 is 0. The molecule has 49 heavy (non-hydrogen) atoms. The molecule has 0 amide bonds. The molecule has 0 atom stereocenters. The first-order valence-electron chi connectivity index (χ1n) is 17.1. The van der Waals surface area contributed by atoms with E-state index in [1.807, 2.05) is 0 Å². The van der Waals surface area contributed by atoms with Gasteiger partial charge in [-0.3, -0.25) is 0 Å². The minimum atomic E-state index is -1.70. The van der Waals surface area contributed by atoms with E-state index in [9.17, 15) is 0 Å². The molecule has 0 bridgehead atoms. The quantitative estimate of drug-likeness (QED) is 0.148. The van der Waals surface area contributed by atoms with Crippen molar-refractivity contribution < 1.29 is 0 Å². The molecule has 1 heteroatoms. The average Bonchev–Trinajstić information content (AvgIpc) is 3.20. The van der Waals surface area contributed by atoms with Gasteiger partial charge in [0.25, 0.3) is 0 Å². The first-order valence-corrected chi connectivity index (χ1v) is 17.1. The third kappa shape index (κ3) is 5.50. The standard InChI is InChI=1S/C48H36B/c1-8-22-37(23-9-1)44-36-45(49(41-30-16-5-17-31-41,42-32-18-6-19-33-42)43-34-20-7-21-35-43)47(39-26-12-3-13-27-39)48(40-28-14-4-15-29-40)46(44)38-24-10-2-11-25-38/h1-36H/q-1. The normalized spacial score (nSPS) is 11.3. The van der Waals surface area contributed by atoms with Gasteiger partial charge in [-0.05, 0) is 44.5 Å². The Morgan fingerprint density at radius 1 is 0.245 bits per heavy atom. The van der Waals surface area contributed by atoms with E-state index in [0.29, 0.717) is 0 Å². The Hall–Kier alpha value is -6.18. The van der Waals surface area contributed by atoms with Gasteiger partial charge >= 0.3 is 0 Å². The Morgan fingerprint density at radius 3 is 0.898 bits per heavy atom. The van der Waals surface area contributed by atoms with Gasteiger partial charge < -0.3 is 0 Å². The van der Waals surface area contributed by atoms with E-state index >= 15 is 0 Å². The third-order valence-corrected chi connectivity index (χ3v) is 10.00. The molecule has 0 aromatic heterocycles. The first kappa shape index (κ1) is 30.2. The van der Waals surface area contributed by atoms with Crippen molar-refractivity contribution in [1.29, 1.82) is 0 Å². The van der Waals surface area contributed by atoms with Gasteiger partial charge in [0.15, 0.2) is 0 Å². The van der Waals surface area contributed by atoms with Crippen molar-refractivity contribution in [3.05, 3.63) is 218 Å². The predicted molar refractivity (Wildman–Crippen MR) is 212 cm³/mol. The maximum Gasteiger partial charge on any atom is 0.108 e. The molecule has 0 aliphatic heterocycles. The summed E-state index contributed by atoms with van der Waals surface area (Å²) in [5.74, 6) is 0. The van der Waals surface area contributed by atoms with E-state index < -0.39 is 6.15 Å². The molecule has 0 nitrogen and oxygen atoms in total. The Labute approximate surface area is 289 Å². The summed E-state index contributed by atoms with van der Waals surface area (Å²) in [5.41, 5.74) is 14.9. The molecule has 8 rings (SSSR count). The molecule has 0 aliphatic carbocycles. The zero-order chi connectivity index (χ0) is 32.9. The fourth-order valence-corrected chi connectivity index (χ4v) is 7.95. The molecule has 0 unspecified atom stereocenters. The lowest BCUT2D eigenvalue weighted by atomic mass is 9.12. The van der Waals surface area contributed by atoms with E-state index in [-0.39, 0.29) is 0 Å². The molecule has 8 aromatic carbocycles. The maximum atomic E-state index is 2.53. The lowest BCUT2D eigenvalue weighted by Crippen LogP contribution is -2.75. The second kappa shape index (κ2) is 13.5. The van der Waals surface area contributed by atoms with Gasteiger partial charge in [-0.15, -0.1) is 0 Å². The van der Waals surface area contributed by atoms with Gasteiger partial charge in [0, 0.05) is 0 Å². The second-order valence-electron chi connectivity index (χ2n) is 12.7. The van der Waals surface area contributed by atoms with Gasteiger partial charge in [0.2, 0.25) is 0 Å². The lowest BCUT2D eigenvalue weighted by Gasteiger charge is -2.47. The monoisotopic (exact) mass is 623 g/mol. The molecule has 0 saturated heterocycles. The number of hydrogen-bond acceptors (Lipinski definition) is 0. The fraction of sp³-hybridized carbons (Fsp3) is 0. The minimum absolute atomic E-state index is 1.19. The van der Waals surface area contributed by atoms with E-state index in [0.717, 1.165) is 0 Å². The highest BCUT2D eigenvalue weighted by Gasteiger charge is 2.36. The van der Waals surface area contributed by atoms with Crippen molar-refractivity contribution in [1.82, 2.24) is 0 Å². The topological polar surface area (TPSA) is 0 Å². The van der Waals surface area contributed by atoms with Crippen LogP contribution in [0, 0.1) is 0 Å². The van der Waals surface area contributed by atoms with E-state index in [1.54, 1.807) is 0 Å². The summed E-state index contributed by atoms with van der Waals surface area (Å²) >= 11 is 0. The largest absolute Gasteiger partial charge is 0.195 e. The van der Waals surface area contributed by atoms with Crippen LogP contribution in [0.4, 0.5) is 0 Å². The molecule has 232 valence electrons. The van der Waals surface area contributed by atoms with Crippen molar-refractivity contribution in [2.75, 3.05) is 0 Å². The highest BCUT2D eigenvalue weighted by molar-refractivity contribution is 7.20. The molecular formula is C48H36B-. The van der Waals surface area contributed by atoms with Crippen molar-refractivity contribution in [2.24, 2.45) is 0 Å². The first-order chi connectivity index (χ1) is 24.4. The Bertz CT molecular complexity index is 2170. The summed E-state index contributed by atoms with van der Waals surface area (Å²) in [6.07, 6.45) is -1.70. The van der Waals surface area contributed by atoms with Gasteiger partial charge in [-0.1, -0.05) is 218 Å². The highest BCUT2D eigenvalue weighted by Crippen LogP contribution is 2.45.